The summed E-state index contributed by atoms with van der Waals surface area (Å²) in [6.07, 6.45) is 1.99. The first-order valence-corrected chi connectivity index (χ1v) is 7.39. The van der Waals surface area contributed by atoms with Crippen LogP contribution in [-0.4, -0.2) is 49.7 Å². The number of hydrogen-bond donors (Lipinski definition) is 1. The summed E-state index contributed by atoms with van der Waals surface area (Å²) in [5, 5.41) is 17.7. The summed E-state index contributed by atoms with van der Waals surface area (Å²) in [5.74, 6) is 0.114. The molecule has 2 aromatic rings. The van der Waals surface area contributed by atoms with Crippen LogP contribution in [0, 0.1) is 0 Å². The standard InChI is InChI=1S/C15H20N4O2/c1-10(2)18-8-6-11(7-9-18)14-17-16-13-5-3-4-12(15(20)21)19(13)14/h3-5,10-11H,6-9H2,1-2H3,(H,20,21). The average Bonchev–Trinajstić information content (AvgIpc) is 2.91. The van der Waals surface area contributed by atoms with E-state index in [9.17, 15) is 9.90 Å². The Morgan fingerprint density at radius 1 is 1.29 bits per heavy atom. The van der Waals surface area contributed by atoms with Gasteiger partial charge in [-0.3, -0.25) is 4.40 Å². The zero-order valence-electron chi connectivity index (χ0n) is 12.4. The highest BCUT2D eigenvalue weighted by Gasteiger charge is 2.26. The molecule has 0 aliphatic carbocycles. The van der Waals surface area contributed by atoms with Crippen LogP contribution < -0.4 is 0 Å². The van der Waals surface area contributed by atoms with Crippen molar-refractivity contribution in [1.82, 2.24) is 19.5 Å². The van der Waals surface area contributed by atoms with Gasteiger partial charge in [0.25, 0.3) is 0 Å². The lowest BCUT2D eigenvalue weighted by Crippen LogP contribution is -2.38. The molecule has 0 aromatic carbocycles. The van der Waals surface area contributed by atoms with Gasteiger partial charge >= 0.3 is 5.97 Å². The molecular formula is C15H20N4O2. The van der Waals surface area contributed by atoms with E-state index in [2.05, 4.69) is 28.9 Å². The first kappa shape index (κ1) is 14.0. The van der Waals surface area contributed by atoms with Gasteiger partial charge in [-0.05, 0) is 51.9 Å². The van der Waals surface area contributed by atoms with Crippen molar-refractivity contribution in [3.63, 3.8) is 0 Å². The zero-order chi connectivity index (χ0) is 15.0. The second-order valence-electron chi connectivity index (χ2n) is 5.87. The van der Waals surface area contributed by atoms with Gasteiger partial charge in [0.2, 0.25) is 0 Å². The van der Waals surface area contributed by atoms with Gasteiger partial charge < -0.3 is 10.0 Å². The van der Waals surface area contributed by atoms with E-state index in [1.54, 1.807) is 22.6 Å². The molecule has 0 spiro atoms. The summed E-state index contributed by atoms with van der Waals surface area (Å²) >= 11 is 0. The third-order valence-electron chi connectivity index (χ3n) is 4.30. The molecule has 21 heavy (non-hydrogen) atoms. The predicted octanol–water partition coefficient (Wildman–Crippen LogP) is 2.02. The molecule has 0 saturated carbocycles. The number of nitrogens with zero attached hydrogens (tertiary/aromatic N) is 4. The number of likely N-dealkylation sites (tertiary alicyclic amines) is 1. The summed E-state index contributed by atoms with van der Waals surface area (Å²) in [4.78, 5) is 13.8. The van der Waals surface area contributed by atoms with E-state index in [-0.39, 0.29) is 11.6 Å². The van der Waals surface area contributed by atoms with Crippen molar-refractivity contribution in [1.29, 1.82) is 0 Å². The zero-order valence-corrected chi connectivity index (χ0v) is 12.4. The van der Waals surface area contributed by atoms with Crippen molar-refractivity contribution in [3.05, 3.63) is 29.7 Å². The predicted molar refractivity (Wildman–Crippen MR) is 78.6 cm³/mol. The van der Waals surface area contributed by atoms with Crippen LogP contribution in [0.15, 0.2) is 18.2 Å². The van der Waals surface area contributed by atoms with Crippen molar-refractivity contribution >= 4 is 11.6 Å². The Bertz CT molecular complexity index is 657. The summed E-state index contributed by atoms with van der Waals surface area (Å²) < 4.78 is 1.69. The SMILES string of the molecule is CC(C)N1CCC(c2nnc3cccc(C(=O)O)n23)CC1. The smallest absolute Gasteiger partial charge is 0.352 e. The van der Waals surface area contributed by atoms with Gasteiger partial charge in [0.1, 0.15) is 11.5 Å². The quantitative estimate of drug-likeness (QED) is 0.935. The van der Waals surface area contributed by atoms with Crippen LogP contribution in [0.3, 0.4) is 0 Å². The van der Waals surface area contributed by atoms with Gasteiger partial charge in [-0.2, -0.15) is 0 Å². The maximum Gasteiger partial charge on any atom is 0.352 e. The van der Waals surface area contributed by atoms with Gasteiger partial charge in [0.15, 0.2) is 5.65 Å². The van der Waals surface area contributed by atoms with Crippen molar-refractivity contribution in [3.8, 4) is 0 Å². The number of aromatic nitrogens is 3. The van der Waals surface area contributed by atoms with E-state index in [4.69, 9.17) is 0 Å². The molecular weight excluding hydrogens is 268 g/mol. The van der Waals surface area contributed by atoms with Crippen LogP contribution in [0.5, 0.6) is 0 Å². The fourth-order valence-electron chi connectivity index (χ4n) is 3.07. The molecule has 112 valence electrons. The van der Waals surface area contributed by atoms with Crippen LogP contribution in [0.25, 0.3) is 5.65 Å². The number of carbonyl (C=O) groups is 1. The van der Waals surface area contributed by atoms with Crippen LogP contribution in [0.2, 0.25) is 0 Å². The molecule has 2 aromatic heterocycles. The number of rotatable bonds is 3. The molecule has 1 aliphatic rings. The van der Waals surface area contributed by atoms with Crippen LogP contribution in [0.1, 0.15) is 48.9 Å². The summed E-state index contributed by atoms with van der Waals surface area (Å²) in [5.41, 5.74) is 0.843. The van der Waals surface area contributed by atoms with Gasteiger partial charge in [0.05, 0.1) is 0 Å². The van der Waals surface area contributed by atoms with Crippen molar-refractivity contribution in [2.24, 2.45) is 0 Å². The lowest BCUT2D eigenvalue weighted by Gasteiger charge is -2.33. The number of aromatic carboxylic acids is 1. The minimum atomic E-state index is -0.943. The topological polar surface area (TPSA) is 70.7 Å². The highest BCUT2D eigenvalue weighted by Crippen LogP contribution is 2.28. The molecule has 0 radical (unpaired) electrons. The van der Waals surface area contributed by atoms with E-state index in [0.29, 0.717) is 11.7 Å². The number of pyridine rings is 1. The third-order valence-corrected chi connectivity index (χ3v) is 4.30. The fourth-order valence-corrected chi connectivity index (χ4v) is 3.07. The minimum Gasteiger partial charge on any atom is -0.477 e. The Morgan fingerprint density at radius 2 is 2.00 bits per heavy atom. The van der Waals surface area contributed by atoms with Crippen molar-refractivity contribution in [2.75, 3.05) is 13.1 Å². The monoisotopic (exact) mass is 288 g/mol. The Balaban J connectivity index is 1.93. The number of hydrogen-bond acceptors (Lipinski definition) is 4. The van der Waals surface area contributed by atoms with Gasteiger partial charge in [-0.25, -0.2) is 4.79 Å². The van der Waals surface area contributed by atoms with Crippen molar-refractivity contribution in [2.45, 2.75) is 38.6 Å². The Morgan fingerprint density at radius 3 is 2.62 bits per heavy atom. The normalized spacial score (nSPS) is 17.7. The van der Waals surface area contributed by atoms with E-state index in [0.717, 1.165) is 31.8 Å². The Labute approximate surface area is 123 Å². The molecule has 0 bridgehead atoms. The molecule has 1 saturated heterocycles. The van der Waals surface area contributed by atoms with Crippen molar-refractivity contribution < 1.29 is 9.90 Å². The molecule has 6 heteroatoms. The van der Waals surface area contributed by atoms with E-state index in [1.165, 1.54) is 0 Å². The highest BCUT2D eigenvalue weighted by atomic mass is 16.4. The summed E-state index contributed by atoms with van der Waals surface area (Å²) in [6.45, 7) is 6.45. The third kappa shape index (κ3) is 2.51. The van der Waals surface area contributed by atoms with Gasteiger partial charge in [0, 0.05) is 12.0 Å². The first-order valence-electron chi connectivity index (χ1n) is 7.39. The Hall–Kier alpha value is -1.95. The number of piperidine rings is 1. The average molecular weight is 288 g/mol. The highest BCUT2D eigenvalue weighted by molar-refractivity contribution is 5.86. The summed E-state index contributed by atoms with van der Waals surface area (Å²) in [7, 11) is 0. The lowest BCUT2D eigenvalue weighted by molar-refractivity contribution is 0.0688. The molecule has 1 aliphatic heterocycles. The maximum absolute atomic E-state index is 11.4. The molecule has 1 fully saturated rings. The number of carboxylic acids is 1. The van der Waals surface area contributed by atoms with E-state index >= 15 is 0 Å². The van der Waals surface area contributed by atoms with E-state index < -0.39 is 5.97 Å². The second kappa shape index (κ2) is 5.44. The van der Waals surface area contributed by atoms with E-state index in [1.807, 2.05) is 0 Å². The Kier molecular flexibility index (Phi) is 3.63. The van der Waals surface area contributed by atoms with Crippen LogP contribution in [-0.2, 0) is 0 Å². The number of carboxylic acid groups (broad SMARTS) is 1. The molecule has 6 nitrogen and oxygen atoms in total. The maximum atomic E-state index is 11.4. The van der Waals surface area contributed by atoms with Crippen LogP contribution in [0.4, 0.5) is 0 Å². The first-order chi connectivity index (χ1) is 10.1. The largest absolute Gasteiger partial charge is 0.477 e. The van der Waals surface area contributed by atoms with Crippen LogP contribution >= 0.6 is 0 Å². The molecule has 0 amide bonds. The molecule has 3 heterocycles. The minimum absolute atomic E-state index is 0.235. The fraction of sp³-hybridized carbons (Fsp3) is 0.533. The number of fused-ring (bicyclic) bond motifs is 1. The summed E-state index contributed by atoms with van der Waals surface area (Å²) in [6, 6.07) is 5.66. The lowest BCUT2D eigenvalue weighted by atomic mass is 9.95. The van der Waals surface area contributed by atoms with Gasteiger partial charge in [-0.1, -0.05) is 6.07 Å². The molecule has 0 unspecified atom stereocenters. The van der Waals surface area contributed by atoms with Gasteiger partial charge in [-0.15, -0.1) is 10.2 Å². The second-order valence-corrected chi connectivity index (χ2v) is 5.87. The molecule has 0 atom stereocenters. The molecule has 1 N–H and O–H groups in total. The molecule has 3 rings (SSSR count).